The highest BCUT2D eigenvalue weighted by Crippen LogP contribution is 2.34. The largest absolute Gasteiger partial charge is 0.462 e. The monoisotopic (exact) mass is 353 g/mol. The second-order valence-corrected chi connectivity index (χ2v) is 4.95. The van der Waals surface area contributed by atoms with E-state index >= 15 is 0 Å². The number of pyridine rings is 1. The maximum absolute atomic E-state index is 11.9. The Balaban J connectivity index is 2.76. The molecule has 0 unspecified atom stereocenters. The van der Waals surface area contributed by atoms with Gasteiger partial charge in [0.25, 0.3) is 5.69 Å². The van der Waals surface area contributed by atoms with E-state index in [0.717, 1.165) is 0 Å². The fraction of sp³-hybridized carbons (Fsp3) is 0.231. The van der Waals surface area contributed by atoms with Crippen LogP contribution in [0, 0.1) is 10.1 Å². The molecule has 110 valence electrons. The summed E-state index contributed by atoms with van der Waals surface area (Å²) in [7, 11) is 1.63. The highest BCUT2D eigenvalue weighted by atomic mass is 79.9. The van der Waals surface area contributed by atoms with Gasteiger partial charge in [0.05, 0.1) is 27.2 Å². The molecule has 0 bridgehead atoms. The number of rotatable bonds is 4. The van der Waals surface area contributed by atoms with Gasteiger partial charge < -0.3 is 10.1 Å². The van der Waals surface area contributed by atoms with Crippen LogP contribution in [0.5, 0.6) is 0 Å². The number of nitro benzene ring substituents is 1. The number of hydrogen-bond donors (Lipinski definition) is 1. The fourth-order valence-electron chi connectivity index (χ4n) is 1.98. The number of anilines is 1. The summed E-state index contributed by atoms with van der Waals surface area (Å²) >= 11 is 3.26. The molecule has 1 aromatic carbocycles. The van der Waals surface area contributed by atoms with Gasteiger partial charge in [-0.2, -0.15) is 0 Å². The summed E-state index contributed by atoms with van der Waals surface area (Å²) in [4.78, 5) is 26.6. The summed E-state index contributed by atoms with van der Waals surface area (Å²) in [6.45, 7) is 1.94. The minimum atomic E-state index is -0.529. The zero-order valence-electron chi connectivity index (χ0n) is 11.3. The van der Waals surface area contributed by atoms with E-state index in [1.165, 1.54) is 18.3 Å². The van der Waals surface area contributed by atoms with Crippen molar-refractivity contribution in [1.82, 2.24) is 4.98 Å². The molecule has 0 amide bonds. The minimum Gasteiger partial charge on any atom is -0.462 e. The maximum Gasteiger partial charge on any atom is 0.341 e. The molecule has 0 saturated heterocycles. The van der Waals surface area contributed by atoms with Gasteiger partial charge in [-0.25, -0.2) is 4.79 Å². The Hall–Kier alpha value is -2.22. The molecule has 0 spiro atoms. The van der Waals surface area contributed by atoms with E-state index in [2.05, 4.69) is 26.2 Å². The Labute approximate surface area is 128 Å². The van der Waals surface area contributed by atoms with Crippen LogP contribution in [0.25, 0.3) is 10.9 Å². The number of benzene rings is 1. The van der Waals surface area contributed by atoms with Crippen LogP contribution in [-0.4, -0.2) is 29.5 Å². The summed E-state index contributed by atoms with van der Waals surface area (Å²) < 4.78 is 5.45. The Morgan fingerprint density at radius 3 is 2.81 bits per heavy atom. The van der Waals surface area contributed by atoms with E-state index in [9.17, 15) is 14.9 Å². The molecule has 1 aromatic heterocycles. The molecular formula is C13H12BrN3O4. The standard InChI is InChI=1S/C13H12BrN3O4/c1-3-21-13(18)9-6-16-12-8(11(9)15-2)4-7(17(19)20)5-10(12)14/h4-6H,3H2,1-2H3,(H,15,16). The van der Waals surface area contributed by atoms with Crippen molar-refractivity contribution in [2.24, 2.45) is 0 Å². The van der Waals surface area contributed by atoms with Crippen molar-refractivity contribution in [3.63, 3.8) is 0 Å². The molecule has 1 heterocycles. The number of nitrogens with zero attached hydrogens (tertiary/aromatic N) is 2. The number of esters is 1. The quantitative estimate of drug-likeness (QED) is 0.515. The molecule has 0 aliphatic carbocycles. The average molecular weight is 354 g/mol. The van der Waals surface area contributed by atoms with E-state index in [1.807, 2.05) is 0 Å². The second kappa shape index (κ2) is 6.04. The van der Waals surface area contributed by atoms with E-state index in [4.69, 9.17) is 4.74 Å². The van der Waals surface area contributed by atoms with Crippen LogP contribution in [0.3, 0.4) is 0 Å². The van der Waals surface area contributed by atoms with Gasteiger partial charge in [0.15, 0.2) is 0 Å². The van der Waals surface area contributed by atoms with Gasteiger partial charge in [-0.1, -0.05) is 0 Å². The van der Waals surface area contributed by atoms with Gasteiger partial charge >= 0.3 is 5.97 Å². The molecule has 21 heavy (non-hydrogen) atoms. The van der Waals surface area contributed by atoms with Crippen LogP contribution in [-0.2, 0) is 4.74 Å². The molecule has 0 radical (unpaired) electrons. The summed E-state index contributed by atoms with van der Waals surface area (Å²) in [6.07, 6.45) is 1.39. The number of fused-ring (bicyclic) bond motifs is 1. The van der Waals surface area contributed by atoms with Gasteiger partial charge in [-0.15, -0.1) is 0 Å². The zero-order valence-corrected chi connectivity index (χ0v) is 12.9. The molecule has 0 saturated carbocycles. The third-order valence-corrected chi connectivity index (χ3v) is 3.47. The van der Waals surface area contributed by atoms with Crippen LogP contribution in [0.2, 0.25) is 0 Å². The van der Waals surface area contributed by atoms with Crippen LogP contribution in [0.4, 0.5) is 11.4 Å². The lowest BCUT2D eigenvalue weighted by Gasteiger charge is -2.12. The molecular weight excluding hydrogens is 342 g/mol. The van der Waals surface area contributed by atoms with Crippen molar-refractivity contribution in [2.45, 2.75) is 6.92 Å². The van der Waals surface area contributed by atoms with Crippen LogP contribution >= 0.6 is 15.9 Å². The number of ether oxygens (including phenoxy) is 1. The van der Waals surface area contributed by atoms with Crippen molar-refractivity contribution in [1.29, 1.82) is 0 Å². The number of hydrogen-bond acceptors (Lipinski definition) is 6. The predicted octanol–water partition coefficient (Wildman–Crippen LogP) is 3.12. The smallest absolute Gasteiger partial charge is 0.341 e. The molecule has 7 nitrogen and oxygen atoms in total. The SMILES string of the molecule is CCOC(=O)c1cnc2c(Br)cc([N+](=O)[O-])cc2c1NC. The van der Waals surface area contributed by atoms with E-state index in [1.54, 1.807) is 14.0 Å². The third-order valence-electron chi connectivity index (χ3n) is 2.87. The first-order valence-corrected chi connectivity index (χ1v) is 6.90. The minimum absolute atomic E-state index is 0.0892. The van der Waals surface area contributed by atoms with Crippen molar-refractivity contribution in [3.8, 4) is 0 Å². The first-order valence-electron chi connectivity index (χ1n) is 6.11. The highest BCUT2D eigenvalue weighted by Gasteiger charge is 2.19. The maximum atomic E-state index is 11.9. The number of carbonyl (C=O) groups excluding carboxylic acids is 1. The van der Waals surface area contributed by atoms with Gasteiger partial charge in [0, 0.05) is 30.8 Å². The number of non-ortho nitro benzene ring substituents is 1. The fourth-order valence-corrected chi connectivity index (χ4v) is 2.53. The topological polar surface area (TPSA) is 94.4 Å². The second-order valence-electron chi connectivity index (χ2n) is 4.10. The first kappa shape index (κ1) is 15.2. The van der Waals surface area contributed by atoms with Crippen molar-refractivity contribution >= 4 is 44.2 Å². The highest BCUT2D eigenvalue weighted by molar-refractivity contribution is 9.10. The van der Waals surface area contributed by atoms with Crippen LogP contribution in [0.1, 0.15) is 17.3 Å². The predicted molar refractivity (Wildman–Crippen MR) is 81.6 cm³/mol. The molecule has 0 atom stereocenters. The summed E-state index contributed by atoms with van der Waals surface area (Å²) in [6, 6.07) is 2.75. The lowest BCUT2D eigenvalue weighted by molar-refractivity contribution is -0.384. The van der Waals surface area contributed by atoms with Crippen molar-refractivity contribution < 1.29 is 14.5 Å². The zero-order chi connectivity index (χ0) is 15.6. The van der Waals surface area contributed by atoms with Gasteiger partial charge in [0.1, 0.15) is 5.56 Å². The summed E-state index contributed by atoms with van der Waals surface area (Å²) in [5.41, 5.74) is 1.12. The van der Waals surface area contributed by atoms with E-state index in [-0.39, 0.29) is 17.9 Å². The number of halogens is 1. The lowest BCUT2D eigenvalue weighted by Crippen LogP contribution is -2.09. The molecule has 0 fully saturated rings. The van der Waals surface area contributed by atoms with E-state index < -0.39 is 10.9 Å². The van der Waals surface area contributed by atoms with Crippen LogP contribution in [0.15, 0.2) is 22.8 Å². The van der Waals surface area contributed by atoms with E-state index in [0.29, 0.717) is 21.1 Å². The molecule has 8 heteroatoms. The first-order chi connectivity index (χ1) is 9.99. The number of carbonyl (C=O) groups is 1. The number of nitrogens with one attached hydrogen (secondary N) is 1. The Bertz CT molecular complexity index is 733. The Morgan fingerprint density at radius 2 is 2.24 bits per heavy atom. The van der Waals surface area contributed by atoms with Crippen molar-refractivity contribution in [3.05, 3.63) is 38.5 Å². The normalized spacial score (nSPS) is 10.4. The lowest BCUT2D eigenvalue weighted by atomic mass is 10.1. The third kappa shape index (κ3) is 2.80. The Morgan fingerprint density at radius 1 is 1.52 bits per heavy atom. The van der Waals surface area contributed by atoms with Crippen LogP contribution < -0.4 is 5.32 Å². The molecule has 0 aliphatic rings. The van der Waals surface area contributed by atoms with Gasteiger partial charge in [0.2, 0.25) is 0 Å². The van der Waals surface area contributed by atoms with Gasteiger partial charge in [-0.05, 0) is 22.9 Å². The molecule has 2 aromatic rings. The summed E-state index contributed by atoms with van der Waals surface area (Å²) in [5, 5.41) is 14.3. The average Bonchev–Trinajstić information content (AvgIpc) is 2.45. The van der Waals surface area contributed by atoms with Crippen molar-refractivity contribution in [2.75, 3.05) is 19.0 Å². The summed E-state index contributed by atoms with van der Waals surface area (Å²) in [5.74, 6) is -0.529. The van der Waals surface area contributed by atoms with Gasteiger partial charge in [-0.3, -0.25) is 15.1 Å². The molecule has 1 N–H and O–H groups in total. The number of aromatic nitrogens is 1. The number of nitro groups is 1. The molecule has 0 aliphatic heterocycles. The molecule has 2 rings (SSSR count). The Kier molecular flexibility index (Phi) is 4.37.